The van der Waals surface area contributed by atoms with Gasteiger partial charge in [-0.15, -0.1) is 0 Å². The van der Waals surface area contributed by atoms with Crippen molar-refractivity contribution in [3.63, 3.8) is 0 Å². The number of likely N-dealkylation sites (N-methyl/N-ethyl adjacent to an activating group) is 1. The number of carbonyl (C=O) groups is 4. The lowest BCUT2D eigenvalue weighted by molar-refractivity contribution is -0.131. The summed E-state index contributed by atoms with van der Waals surface area (Å²) in [5, 5.41) is 3.19. The zero-order chi connectivity index (χ0) is 22.5. The lowest BCUT2D eigenvalue weighted by atomic mass is 10.1. The molecule has 0 aliphatic carbocycles. The fourth-order valence-electron chi connectivity index (χ4n) is 3.48. The Morgan fingerprint density at radius 3 is 2.19 bits per heavy atom. The first-order chi connectivity index (χ1) is 14.8. The average Bonchev–Trinajstić information content (AvgIpc) is 3.12. The highest BCUT2D eigenvalue weighted by Crippen LogP contribution is 2.23. The van der Waals surface area contributed by atoms with Crippen LogP contribution in [0.25, 0.3) is 10.9 Å². The van der Waals surface area contributed by atoms with E-state index in [-0.39, 0.29) is 23.8 Å². The molecule has 0 bridgehead atoms. The van der Waals surface area contributed by atoms with Crippen LogP contribution in [-0.2, 0) is 16.1 Å². The standard InChI is InChI=1S/C24H25N3O4/c1-4-26(5-2)22(29)15-27-14-20(19-8-6-7-9-21(19)27)23(30)24(31)25-18-12-10-17(11-13-18)16(3)28/h6-14H,4-5,15H2,1-3H3,(H,25,31). The minimum absolute atomic E-state index is 0.0558. The van der Waals surface area contributed by atoms with E-state index < -0.39 is 11.7 Å². The van der Waals surface area contributed by atoms with E-state index in [1.807, 2.05) is 26.0 Å². The molecule has 2 aromatic carbocycles. The van der Waals surface area contributed by atoms with Crippen molar-refractivity contribution in [3.05, 3.63) is 65.9 Å². The number of nitrogens with one attached hydrogen (secondary N) is 1. The number of amides is 2. The zero-order valence-corrected chi connectivity index (χ0v) is 17.8. The van der Waals surface area contributed by atoms with Crippen molar-refractivity contribution in [2.24, 2.45) is 0 Å². The molecule has 1 heterocycles. The first-order valence-corrected chi connectivity index (χ1v) is 10.2. The normalized spacial score (nSPS) is 10.7. The second-order valence-electron chi connectivity index (χ2n) is 7.17. The van der Waals surface area contributed by atoms with Crippen molar-refractivity contribution in [2.45, 2.75) is 27.3 Å². The van der Waals surface area contributed by atoms with Gasteiger partial charge in [-0.3, -0.25) is 19.2 Å². The number of hydrogen-bond acceptors (Lipinski definition) is 4. The summed E-state index contributed by atoms with van der Waals surface area (Å²) in [4.78, 5) is 51.2. The van der Waals surface area contributed by atoms with Crippen LogP contribution in [0, 0.1) is 0 Å². The first-order valence-electron chi connectivity index (χ1n) is 10.2. The van der Waals surface area contributed by atoms with Crippen LogP contribution in [0.1, 0.15) is 41.5 Å². The van der Waals surface area contributed by atoms with Crippen LogP contribution in [-0.4, -0.2) is 45.9 Å². The Morgan fingerprint density at radius 2 is 1.58 bits per heavy atom. The number of fused-ring (bicyclic) bond motifs is 1. The Morgan fingerprint density at radius 1 is 0.935 bits per heavy atom. The monoisotopic (exact) mass is 419 g/mol. The molecule has 0 spiro atoms. The molecule has 0 saturated carbocycles. The van der Waals surface area contributed by atoms with Crippen molar-refractivity contribution >= 4 is 40.0 Å². The summed E-state index contributed by atoms with van der Waals surface area (Å²) in [6, 6.07) is 13.5. The molecule has 0 atom stereocenters. The van der Waals surface area contributed by atoms with E-state index >= 15 is 0 Å². The fraction of sp³-hybridized carbons (Fsp3) is 0.250. The van der Waals surface area contributed by atoms with Crippen LogP contribution < -0.4 is 5.32 Å². The summed E-state index contributed by atoms with van der Waals surface area (Å²) in [7, 11) is 0. The van der Waals surface area contributed by atoms with E-state index in [4.69, 9.17) is 0 Å². The molecule has 1 N–H and O–H groups in total. The predicted octanol–water partition coefficient (Wildman–Crippen LogP) is 3.53. The molecule has 3 aromatic rings. The highest BCUT2D eigenvalue weighted by atomic mass is 16.2. The summed E-state index contributed by atoms with van der Waals surface area (Å²) in [5.41, 5.74) is 1.89. The molecule has 31 heavy (non-hydrogen) atoms. The van der Waals surface area contributed by atoms with E-state index in [9.17, 15) is 19.2 Å². The summed E-state index contributed by atoms with van der Waals surface area (Å²) in [5.74, 6) is -1.62. The van der Waals surface area contributed by atoms with Gasteiger partial charge >= 0.3 is 0 Å². The Kier molecular flexibility index (Phi) is 6.65. The molecular weight excluding hydrogens is 394 g/mol. The molecule has 0 saturated heterocycles. The van der Waals surface area contributed by atoms with Gasteiger partial charge in [0.1, 0.15) is 6.54 Å². The Hall–Kier alpha value is -3.74. The van der Waals surface area contributed by atoms with Gasteiger partial charge in [0.05, 0.1) is 5.56 Å². The molecule has 3 rings (SSSR count). The second-order valence-corrected chi connectivity index (χ2v) is 7.17. The third kappa shape index (κ3) is 4.71. The van der Waals surface area contributed by atoms with Gasteiger partial charge in [0.15, 0.2) is 5.78 Å². The molecule has 7 heteroatoms. The van der Waals surface area contributed by atoms with Gasteiger partial charge in [0.25, 0.3) is 11.7 Å². The molecule has 0 fully saturated rings. The molecule has 2 amide bonds. The van der Waals surface area contributed by atoms with Gasteiger partial charge in [0.2, 0.25) is 5.91 Å². The molecule has 0 unspecified atom stereocenters. The minimum atomic E-state index is -0.784. The quantitative estimate of drug-likeness (QED) is 0.447. The minimum Gasteiger partial charge on any atom is -0.342 e. The van der Waals surface area contributed by atoms with E-state index in [1.165, 1.54) is 6.92 Å². The maximum absolute atomic E-state index is 12.9. The van der Waals surface area contributed by atoms with Crippen molar-refractivity contribution in [2.75, 3.05) is 18.4 Å². The number of hydrogen-bond donors (Lipinski definition) is 1. The van der Waals surface area contributed by atoms with E-state index in [1.54, 1.807) is 52.1 Å². The highest BCUT2D eigenvalue weighted by Gasteiger charge is 2.23. The summed E-state index contributed by atoms with van der Waals surface area (Å²) in [6.45, 7) is 6.58. The number of nitrogens with zero attached hydrogens (tertiary/aromatic N) is 2. The first kappa shape index (κ1) is 22.0. The predicted molar refractivity (Wildman–Crippen MR) is 119 cm³/mol. The molecule has 160 valence electrons. The highest BCUT2D eigenvalue weighted by molar-refractivity contribution is 6.48. The zero-order valence-electron chi connectivity index (χ0n) is 17.8. The van der Waals surface area contributed by atoms with Crippen LogP contribution in [0.5, 0.6) is 0 Å². The van der Waals surface area contributed by atoms with E-state index in [0.29, 0.717) is 35.2 Å². The SMILES string of the molecule is CCN(CC)C(=O)Cn1cc(C(=O)C(=O)Nc2ccc(C(C)=O)cc2)c2ccccc21. The number of aromatic nitrogens is 1. The van der Waals surface area contributed by atoms with Gasteiger partial charge in [-0.2, -0.15) is 0 Å². The lowest BCUT2D eigenvalue weighted by Crippen LogP contribution is -2.33. The summed E-state index contributed by atoms with van der Waals surface area (Å²) < 4.78 is 1.71. The molecule has 0 aliphatic rings. The summed E-state index contributed by atoms with van der Waals surface area (Å²) >= 11 is 0. The number of ketones is 2. The molecule has 7 nitrogen and oxygen atoms in total. The number of Topliss-reactive ketones (excluding diaryl/α,β-unsaturated/α-hetero) is 2. The molecule has 1 aromatic heterocycles. The third-order valence-electron chi connectivity index (χ3n) is 5.21. The van der Waals surface area contributed by atoms with Gasteiger partial charge in [-0.25, -0.2) is 0 Å². The summed E-state index contributed by atoms with van der Waals surface area (Å²) in [6.07, 6.45) is 1.56. The number of carbonyl (C=O) groups excluding carboxylic acids is 4. The number of anilines is 1. The van der Waals surface area contributed by atoms with Crippen LogP contribution >= 0.6 is 0 Å². The van der Waals surface area contributed by atoms with Crippen molar-refractivity contribution < 1.29 is 19.2 Å². The average molecular weight is 419 g/mol. The van der Waals surface area contributed by atoms with Crippen LogP contribution in [0.15, 0.2) is 54.7 Å². The molecule has 0 aliphatic heterocycles. The number of rotatable bonds is 8. The van der Waals surface area contributed by atoms with Crippen molar-refractivity contribution in [3.8, 4) is 0 Å². The number of benzene rings is 2. The van der Waals surface area contributed by atoms with Gasteiger partial charge < -0.3 is 14.8 Å². The van der Waals surface area contributed by atoms with Gasteiger partial charge in [0, 0.05) is 41.4 Å². The maximum atomic E-state index is 12.9. The van der Waals surface area contributed by atoms with Crippen molar-refractivity contribution in [1.29, 1.82) is 0 Å². The third-order valence-corrected chi connectivity index (χ3v) is 5.21. The smallest absolute Gasteiger partial charge is 0.296 e. The molecule has 0 radical (unpaired) electrons. The molecular formula is C24H25N3O4. The van der Waals surface area contributed by atoms with Crippen LogP contribution in [0.2, 0.25) is 0 Å². The Balaban J connectivity index is 1.86. The maximum Gasteiger partial charge on any atom is 0.296 e. The Bertz CT molecular complexity index is 1140. The lowest BCUT2D eigenvalue weighted by Gasteiger charge is -2.19. The second kappa shape index (κ2) is 9.38. The van der Waals surface area contributed by atoms with E-state index in [0.717, 1.165) is 0 Å². The largest absolute Gasteiger partial charge is 0.342 e. The van der Waals surface area contributed by atoms with Crippen LogP contribution in [0.4, 0.5) is 5.69 Å². The number of para-hydroxylation sites is 1. The van der Waals surface area contributed by atoms with Crippen LogP contribution in [0.3, 0.4) is 0 Å². The van der Waals surface area contributed by atoms with Crippen molar-refractivity contribution in [1.82, 2.24) is 9.47 Å². The van der Waals surface area contributed by atoms with Gasteiger partial charge in [-0.05, 0) is 51.1 Å². The fourth-order valence-corrected chi connectivity index (χ4v) is 3.48. The Labute approximate surface area is 180 Å². The van der Waals surface area contributed by atoms with E-state index in [2.05, 4.69) is 5.32 Å². The topological polar surface area (TPSA) is 88.5 Å². The van der Waals surface area contributed by atoms with Gasteiger partial charge in [-0.1, -0.05) is 18.2 Å².